The molecule has 0 spiro atoms. The van der Waals surface area contributed by atoms with Crippen LogP contribution in [0.4, 0.5) is 0 Å². The third kappa shape index (κ3) is 1.94. The highest BCUT2D eigenvalue weighted by Gasteiger charge is 2.16. The first-order valence-electron chi connectivity index (χ1n) is 5.04. The normalized spacial score (nSPS) is 12.9. The number of aromatic nitrogens is 2. The Bertz CT molecular complexity index is 405. The van der Waals surface area contributed by atoms with Gasteiger partial charge < -0.3 is 14.3 Å². The summed E-state index contributed by atoms with van der Waals surface area (Å²) in [6, 6.07) is 2.13. The topological polar surface area (TPSA) is 43.0 Å². The summed E-state index contributed by atoms with van der Waals surface area (Å²) in [4.78, 5) is 4.13. The quantitative estimate of drug-likeness (QED) is 0.826. The highest BCUT2D eigenvalue weighted by atomic mass is 16.3. The van der Waals surface area contributed by atoms with Crippen LogP contribution in [-0.4, -0.2) is 16.1 Å². The second-order valence-corrected chi connectivity index (χ2v) is 3.48. The molecule has 2 aromatic rings. The highest BCUT2D eigenvalue weighted by molar-refractivity contribution is 5.23. The third-order valence-corrected chi connectivity index (χ3v) is 2.43. The largest absolute Gasteiger partial charge is 0.472 e. The van der Waals surface area contributed by atoms with Gasteiger partial charge in [0, 0.05) is 12.6 Å². The number of rotatable bonds is 4. The summed E-state index contributed by atoms with van der Waals surface area (Å²) in [5.41, 5.74) is 2.26. The standard InChI is InChI=1S/C11H15N3O/c1-3-13-11(9-4-5-15-7-9)10-6-12-8-14(10)2/h4-8,11,13H,3H2,1-2H3. The van der Waals surface area contributed by atoms with Gasteiger partial charge in [0.1, 0.15) is 0 Å². The summed E-state index contributed by atoms with van der Waals surface area (Å²) >= 11 is 0. The summed E-state index contributed by atoms with van der Waals surface area (Å²) in [6.45, 7) is 2.99. The lowest BCUT2D eigenvalue weighted by atomic mass is 10.1. The van der Waals surface area contributed by atoms with Crippen LogP contribution in [0.3, 0.4) is 0 Å². The van der Waals surface area contributed by atoms with Crippen molar-refractivity contribution in [1.82, 2.24) is 14.9 Å². The van der Waals surface area contributed by atoms with E-state index in [2.05, 4.69) is 17.2 Å². The minimum absolute atomic E-state index is 0.154. The van der Waals surface area contributed by atoms with E-state index in [1.54, 1.807) is 18.9 Å². The zero-order chi connectivity index (χ0) is 10.7. The Kier molecular flexibility index (Phi) is 2.87. The molecule has 1 atom stereocenters. The number of hydrogen-bond donors (Lipinski definition) is 1. The van der Waals surface area contributed by atoms with Crippen LogP contribution >= 0.6 is 0 Å². The molecule has 4 nitrogen and oxygen atoms in total. The first-order chi connectivity index (χ1) is 7.33. The predicted molar refractivity (Wildman–Crippen MR) is 57.4 cm³/mol. The van der Waals surface area contributed by atoms with Gasteiger partial charge in [-0.2, -0.15) is 0 Å². The van der Waals surface area contributed by atoms with E-state index < -0.39 is 0 Å². The molecule has 0 fully saturated rings. The maximum atomic E-state index is 5.11. The molecule has 0 amide bonds. The van der Waals surface area contributed by atoms with Gasteiger partial charge in [-0.1, -0.05) is 6.92 Å². The SMILES string of the molecule is CCNC(c1ccoc1)c1cncn1C. The first kappa shape index (κ1) is 9.98. The minimum Gasteiger partial charge on any atom is -0.472 e. The van der Waals surface area contributed by atoms with Gasteiger partial charge in [-0.25, -0.2) is 4.98 Å². The Balaban J connectivity index is 2.32. The molecule has 0 aliphatic heterocycles. The van der Waals surface area contributed by atoms with E-state index in [1.807, 2.05) is 23.9 Å². The van der Waals surface area contributed by atoms with E-state index in [9.17, 15) is 0 Å². The van der Waals surface area contributed by atoms with E-state index in [1.165, 1.54) is 0 Å². The summed E-state index contributed by atoms with van der Waals surface area (Å²) in [7, 11) is 1.99. The maximum absolute atomic E-state index is 5.11. The Morgan fingerprint density at radius 2 is 2.47 bits per heavy atom. The molecule has 0 saturated heterocycles. The van der Waals surface area contributed by atoms with E-state index >= 15 is 0 Å². The predicted octanol–water partition coefficient (Wildman–Crippen LogP) is 1.71. The molecule has 1 unspecified atom stereocenters. The van der Waals surface area contributed by atoms with Crippen LogP contribution < -0.4 is 5.32 Å². The lowest BCUT2D eigenvalue weighted by molar-refractivity contribution is 0.546. The molecule has 4 heteroatoms. The summed E-state index contributed by atoms with van der Waals surface area (Å²) in [6.07, 6.45) is 7.14. The van der Waals surface area contributed by atoms with E-state index in [-0.39, 0.29) is 6.04 Å². The summed E-state index contributed by atoms with van der Waals surface area (Å²) < 4.78 is 7.12. The van der Waals surface area contributed by atoms with Crippen molar-refractivity contribution >= 4 is 0 Å². The Labute approximate surface area is 88.9 Å². The molecule has 0 radical (unpaired) electrons. The smallest absolute Gasteiger partial charge is 0.0954 e. The molecule has 80 valence electrons. The number of aryl methyl sites for hydroxylation is 1. The van der Waals surface area contributed by atoms with E-state index in [0.29, 0.717) is 0 Å². The van der Waals surface area contributed by atoms with Gasteiger partial charge in [0.25, 0.3) is 0 Å². The van der Waals surface area contributed by atoms with Crippen molar-refractivity contribution < 1.29 is 4.42 Å². The lowest BCUT2D eigenvalue weighted by Crippen LogP contribution is -2.23. The molecule has 0 aliphatic rings. The van der Waals surface area contributed by atoms with Crippen molar-refractivity contribution in [3.8, 4) is 0 Å². The van der Waals surface area contributed by atoms with Gasteiger partial charge in [0.15, 0.2) is 0 Å². The van der Waals surface area contributed by atoms with E-state index in [0.717, 1.165) is 17.8 Å². The second kappa shape index (κ2) is 4.31. The zero-order valence-corrected chi connectivity index (χ0v) is 8.97. The third-order valence-electron chi connectivity index (χ3n) is 2.43. The Morgan fingerprint density at radius 3 is 3.00 bits per heavy atom. The minimum atomic E-state index is 0.154. The zero-order valence-electron chi connectivity index (χ0n) is 8.97. The molecule has 15 heavy (non-hydrogen) atoms. The summed E-state index contributed by atoms with van der Waals surface area (Å²) in [5.74, 6) is 0. The number of hydrogen-bond acceptors (Lipinski definition) is 3. The maximum Gasteiger partial charge on any atom is 0.0954 e. The average Bonchev–Trinajstić information content (AvgIpc) is 2.85. The van der Waals surface area contributed by atoms with Gasteiger partial charge in [-0.15, -0.1) is 0 Å². The van der Waals surface area contributed by atoms with Crippen molar-refractivity contribution in [2.24, 2.45) is 7.05 Å². The lowest BCUT2D eigenvalue weighted by Gasteiger charge is -2.16. The molecule has 2 rings (SSSR count). The fourth-order valence-electron chi connectivity index (χ4n) is 1.68. The Hall–Kier alpha value is -1.55. The van der Waals surface area contributed by atoms with Crippen molar-refractivity contribution in [1.29, 1.82) is 0 Å². The van der Waals surface area contributed by atoms with Crippen molar-refractivity contribution in [3.63, 3.8) is 0 Å². The van der Waals surface area contributed by atoms with Crippen LogP contribution in [0.1, 0.15) is 24.2 Å². The molecular formula is C11H15N3O. The molecule has 2 aromatic heterocycles. The second-order valence-electron chi connectivity index (χ2n) is 3.48. The van der Waals surface area contributed by atoms with Crippen molar-refractivity contribution in [2.75, 3.05) is 6.54 Å². The van der Waals surface area contributed by atoms with Gasteiger partial charge in [0.2, 0.25) is 0 Å². The fraction of sp³-hybridized carbons (Fsp3) is 0.364. The van der Waals surface area contributed by atoms with Gasteiger partial charge in [-0.3, -0.25) is 0 Å². The van der Waals surface area contributed by atoms with Crippen LogP contribution in [-0.2, 0) is 7.05 Å². The van der Waals surface area contributed by atoms with Crippen LogP contribution in [0.2, 0.25) is 0 Å². The van der Waals surface area contributed by atoms with Crippen molar-refractivity contribution in [3.05, 3.63) is 42.4 Å². The number of nitrogens with zero attached hydrogens (tertiary/aromatic N) is 2. The van der Waals surface area contributed by atoms with Gasteiger partial charge in [-0.05, 0) is 12.6 Å². The fourth-order valence-corrected chi connectivity index (χ4v) is 1.68. The van der Waals surface area contributed by atoms with Crippen LogP contribution in [0.5, 0.6) is 0 Å². The number of nitrogens with one attached hydrogen (secondary N) is 1. The molecule has 2 heterocycles. The van der Waals surface area contributed by atoms with Crippen LogP contribution in [0.25, 0.3) is 0 Å². The molecule has 0 bridgehead atoms. The molecule has 0 saturated carbocycles. The number of furan rings is 1. The molecule has 0 aliphatic carbocycles. The van der Waals surface area contributed by atoms with Gasteiger partial charge in [0.05, 0.1) is 36.8 Å². The van der Waals surface area contributed by atoms with Gasteiger partial charge >= 0.3 is 0 Å². The van der Waals surface area contributed by atoms with Crippen LogP contribution in [0, 0.1) is 0 Å². The summed E-state index contributed by atoms with van der Waals surface area (Å²) in [5, 5.41) is 3.41. The molecule has 1 N–H and O–H groups in total. The average molecular weight is 205 g/mol. The Morgan fingerprint density at radius 1 is 1.60 bits per heavy atom. The number of imidazole rings is 1. The van der Waals surface area contributed by atoms with E-state index in [4.69, 9.17) is 4.42 Å². The molecular weight excluding hydrogens is 190 g/mol. The van der Waals surface area contributed by atoms with Crippen LogP contribution in [0.15, 0.2) is 35.5 Å². The van der Waals surface area contributed by atoms with Crippen molar-refractivity contribution in [2.45, 2.75) is 13.0 Å². The first-order valence-corrected chi connectivity index (χ1v) is 5.04. The molecule has 0 aromatic carbocycles. The highest BCUT2D eigenvalue weighted by Crippen LogP contribution is 2.21. The monoisotopic (exact) mass is 205 g/mol.